The molecule has 3 aromatic carbocycles. The standard InChI is InChI=1S/C26H25FN6O2/c1-29-20-7-4-8-22(14-20)33(17-34)26-24(25(28)30-16-31-26)32(2)21-9-11-23(12-10-21)35-15-18-5-3-6-19(27)13-18/h3-14,16-17,29H,15H2,1-2H3,(H2,28,30,31). The molecule has 3 N–H and O–H groups in total. The van der Waals surface area contributed by atoms with Crippen LogP contribution in [0.15, 0.2) is 79.1 Å². The SMILES string of the molecule is CNc1cccc(N(C=O)c2ncnc(N)c2N(C)c2ccc(OCc3cccc(F)c3)cc2)c1. The van der Waals surface area contributed by atoms with Gasteiger partial charge in [-0.25, -0.2) is 14.4 Å². The molecule has 1 aromatic heterocycles. The van der Waals surface area contributed by atoms with Crippen LogP contribution < -0.4 is 25.6 Å². The first-order valence-electron chi connectivity index (χ1n) is 10.8. The van der Waals surface area contributed by atoms with Crippen molar-refractivity contribution in [1.29, 1.82) is 0 Å². The molecule has 1 amide bonds. The number of nitrogens with two attached hydrogens (primary N) is 1. The van der Waals surface area contributed by atoms with Crippen LogP contribution in [0.25, 0.3) is 0 Å². The second-order valence-corrected chi connectivity index (χ2v) is 7.68. The second-order valence-electron chi connectivity index (χ2n) is 7.68. The van der Waals surface area contributed by atoms with Gasteiger partial charge >= 0.3 is 0 Å². The summed E-state index contributed by atoms with van der Waals surface area (Å²) in [6, 6.07) is 21.0. The van der Waals surface area contributed by atoms with E-state index in [2.05, 4.69) is 15.3 Å². The van der Waals surface area contributed by atoms with Crippen molar-refractivity contribution in [1.82, 2.24) is 9.97 Å². The normalized spacial score (nSPS) is 10.5. The Morgan fingerprint density at radius 1 is 1.03 bits per heavy atom. The molecule has 0 saturated heterocycles. The highest BCUT2D eigenvalue weighted by Crippen LogP contribution is 2.38. The summed E-state index contributed by atoms with van der Waals surface area (Å²) in [5, 5.41) is 3.06. The van der Waals surface area contributed by atoms with Gasteiger partial charge in [0.15, 0.2) is 11.6 Å². The Bertz CT molecular complexity index is 1320. The minimum atomic E-state index is -0.302. The number of aromatic nitrogens is 2. The number of ether oxygens (including phenoxy) is 1. The Balaban J connectivity index is 1.59. The first-order valence-corrected chi connectivity index (χ1v) is 10.8. The molecule has 178 valence electrons. The van der Waals surface area contributed by atoms with Crippen LogP contribution in [0, 0.1) is 5.82 Å². The maximum atomic E-state index is 13.4. The summed E-state index contributed by atoms with van der Waals surface area (Å²) in [5.74, 6) is 0.890. The summed E-state index contributed by atoms with van der Waals surface area (Å²) in [4.78, 5) is 23.8. The average Bonchev–Trinajstić information content (AvgIpc) is 2.88. The van der Waals surface area contributed by atoms with E-state index in [1.807, 2.05) is 43.4 Å². The molecular formula is C26H25FN6O2. The number of nitrogens with zero attached hydrogens (tertiary/aromatic N) is 4. The molecule has 9 heteroatoms. The van der Waals surface area contributed by atoms with E-state index in [-0.39, 0.29) is 18.2 Å². The number of nitrogen functional groups attached to an aromatic ring is 1. The number of amides is 1. The largest absolute Gasteiger partial charge is 0.489 e. The van der Waals surface area contributed by atoms with E-state index >= 15 is 0 Å². The van der Waals surface area contributed by atoms with E-state index in [1.54, 1.807) is 36.2 Å². The molecule has 0 fully saturated rings. The third kappa shape index (κ3) is 5.30. The zero-order chi connectivity index (χ0) is 24.8. The fourth-order valence-corrected chi connectivity index (χ4v) is 3.61. The number of carbonyl (C=O) groups excluding carboxylic acids is 1. The summed E-state index contributed by atoms with van der Waals surface area (Å²) in [6.45, 7) is 0.247. The van der Waals surface area contributed by atoms with Crippen molar-refractivity contribution in [2.24, 2.45) is 0 Å². The van der Waals surface area contributed by atoms with Gasteiger partial charge < -0.3 is 20.7 Å². The molecule has 0 aliphatic heterocycles. The highest BCUT2D eigenvalue weighted by atomic mass is 19.1. The maximum Gasteiger partial charge on any atom is 0.219 e. The lowest BCUT2D eigenvalue weighted by Crippen LogP contribution is -2.22. The second kappa shape index (κ2) is 10.5. The van der Waals surface area contributed by atoms with Crippen LogP contribution >= 0.6 is 0 Å². The topological polar surface area (TPSA) is 96.6 Å². The van der Waals surface area contributed by atoms with Gasteiger partial charge in [-0.1, -0.05) is 18.2 Å². The number of halogens is 1. The van der Waals surface area contributed by atoms with Crippen molar-refractivity contribution in [3.05, 3.63) is 90.5 Å². The van der Waals surface area contributed by atoms with Gasteiger partial charge in [-0.15, -0.1) is 0 Å². The quantitative estimate of drug-likeness (QED) is 0.335. The van der Waals surface area contributed by atoms with Gasteiger partial charge in [0.2, 0.25) is 6.41 Å². The van der Waals surface area contributed by atoms with Crippen LogP contribution in [0.2, 0.25) is 0 Å². The molecule has 0 radical (unpaired) electrons. The van der Waals surface area contributed by atoms with Crippen molar-refractivity contribution in [2.75, 3.05) is 34.9 Å². The van der Waals surface area contributed by atoms with E-state index in [9.17, 15) is 9.18 Å². The molecule has 35 heavy (non-hydrogen) atoms. The van der Waals surface area contributed by atoms with E-state index in [1.165, 1.54) is 23.4 Å². The first kappa shape index (κ1) is 23.5. The highest BCUT2D eigenvalue weighted by Gasteiger charge is 2.22. The zero-order valence-corrected chi connectivity index (χ0v) is 19.4. The van der Waals surface area contributed by atoms with Gasteiger partial charge in [0.1, 0.15) is 30.2 Å². The molecule has 8 nitrogen and oxygen atoms in total. The van der Waals surface area contributed by atoms with Crippen LogP contribution in [0.3, 0.4) is 0 Å². The molecule has 4 rings (SSSR count). The van der Waals surface area contributed by atoms with Crippen molar-refractivity contribution in [2.45, 2.75) is 6.61 Å². The zero-order valence-electron chi connectivity index (χ0n) is 19.4. The summed E-state index contributed by atoms with van der Waals surface area (Å²) < 4.78 is 19.2. The molecule has 0 unspecified atom stereocenters. The predicted octanol–water partition coefficient (Wildman–Crippen LogP) is 4.88. The van der Waals surface area contributed by atoms with Crippen LogP contribution in [0.1, 0.15) is 5.56 Å². The fourth-order valence-electron chi connectivity index (χ4n) is 3.61. The first-order chi connectivity index (χ1) is 17.0. The lowest BCUT2D eigenvalue weighted by Gasteiger charge is -2.27. The van der Waals surface area contributed by atoms with E-state index in [0.717, 1.165) is 16.9 Å². The van der Waals surface area contributed by atoms with Gasteiger partial charge in [0, 0.05) is 25.5 Å². The van der Waals surface area contributed by atoms with Gasteiger partial charge in [-0.2, -0.15) is 0 Å². The Kier molecular flexibility index (Phi) is 7.06. The van der Waals surface area contributed by atoms with Gasteiger partial charge in [0.25, 0.3) is 0 Å². The lowest BCUT2D eigenvalue weighted by molar-refractivity contribution is -0.106. The summed E-state index contributed by atoms with van der Waals surface area (Å²) >= 11 is 0. The molecule has 4 aromatic rings. The molecule has 0 bridgehead atoms. The van der Waals surface area contributed by atoms with Crippen molar-refractivity contribution in [3.63, 3.8) is 0 Å². The monoisotopic (exact) mass is 472 g/mol. The smallest absolute Gasteiger partial charge is 0.219 e. The summed E-state index contributed by atoms with van der Waals surface area (Å²) in [6.07, 6.45) is 2.01. The third-order valence-electron chi connectivity index (χ3n) is 5.43. The number of anilines is 6. The van der Waals surface area contributed by atoms with E-state index in [0.29, 0.717) is 29.4 Å². The van der Waals surface area contributed by atoms with Gasteiger partial charge in [-0.05, 0) is 60.2 Å². The van der Waals surface area contributed by atoms with Crippen molar-refractivity contribution < 1.29 is 13.9 Å². The maximum absolute atomic E-state index is 13.4. The average molecular weight is 473 g/mol. The highest BCUT2D eigenvalue weighted by molar-refractivity contribution is 5.94. The molecule has 0 aliphatic carbocycles. The predicted molar refractivity (Wildman–Crippen MR) is 136 cm³/mol. The molecular weight excluding hydrogens is 447 g/mol. The Hall–Kier alpha value is -4.66. The number of hydrogen-bond donors (Lipinski definition) is 2. The lowest BCUT2D eigenvalue weighted by atomic mass is 10.2. The number of rotatable bonds is 9. The van der Waals surface area contributed by atoms with Gasteiger partial charge in [0.05, 0.1) is 5.69 Å². The third-order valence-corrected chi connectivity index (χ3v) is 5.43. The van der Waals surface area contributed by atoms with Crippen molar-refractivity contribution in [3.8, 4) is 5.75 Å². The van der Waals surface area contributed by atoms with Crippen LogP contribution in [0.5, 0.6) is 5.75 Å². The summed E-state index contributed by atoms with van der Waals surface area (Å²) in [7, 11) is 3.62. The Morgan fingerprint density at radius 2 is 1.80 bits per heavy atom. The van der Waals surface area contributed by atoms with E-state index in [4.69, 9.17) is 10.5 Å². The van der Waals surface area contributed by atoms with Crippen LogP contribution in [-0.2, 0) is 11.4 Å². The number of benzene rings is 3. The molecule has 0 atom stereocenters. The minimum absolute atomic E-state index is 0.223. The number of nitrogens with one attached hydrogen (secondary N) is 1. The molecule has 0 saturated carbocycles. The molecule has 1 heterocycles. The molecule has 0 spiro atoms. The van der Waals surface area contributed by atoms with Crippen LogP contribution in [0.4, 0.5) is 38.8 Å². The van der Waals surface area contributed by atoms with Gasteiger partial charge in [-0.3, -0.25) is 9.69 Å². The minimum Gasteiger partial charge on any atom is -0.489 e. The summed E-state index contributed by atoms with van der Waals surface area (Å²) in [5.41, 5.74) is 9.70. The number of hydrogen-bond acceptors (Lipinski definition) is 7. The van der Waals surface area contributed by atoms with E-state index < -0.39 is 0 Å². The Morgan fingerprint density at radius 3 is 2.51 bits per heavy atom. The van der Waals surface area contributed by atoms with Crippen LogP contribution in [-0.4, -0.2) is 30.5 Å². The van der Waals surface area contributed by atoms with Crippen molar-refractivity contribution >= 4 is 40.8 Å². The Labute approximate surface area is 202 Å². The molecule has 0 aliphatic rings. The fraction of sp³-hybridized carbons (Fsp3) is 0.115. The number of carbonyl (C=O) groups is 1.